The van der Waals surface area contributed by atoms with E-state index >= 15 is 0 Å². The standard InChI is InChI=1S/C15H25NO3S/c1-5-6-14(11-19-3)16-12(2)13-7-9-15(10-8-13)20(4,17)18/h7-10,12,14,16H,5-6,11H2,1-4H3. The van der Waals surface area contributed by atoms with Crippen molar-refractivity contribution in [3.05, 3.63) is 29.8 Å². The fourth-order valence-electron chi connectivity index (χ4n) is 2.22. The predicted molar refractivity (Wildman–Crippen MR) is 81.7 cm³/mol. The smallest absolute Gasteiger partial charge is 0.175 e. The molecule has 0 fully saturated rings. The molecule has 5 heteroatoms. The van der Waals surface area contributed by atoms with Crippen LogP contribution in [-0.2, 0) is 14.6 Å². The predicted octanol–water partition coefficient (Wildman–Crippen LogP) is 2.56. The third kappa shape index (κ3) is 5.23. The zero-order valence-electron chi connectivity index (χ0n) is 12.7. The quantitative estimate of drug-likeness (QED) is 0.801. The highest BCUT2D eigenvalue weighted by Gasteiger charge is 2.13. The average molecular weight is 299 g/mol. The highest BCUT2D eigenvalue weighted by molar-refractivity contribution is 7.90. The maximum atomic E-state index is 11.4. The second-order valence-corrected chi connectivity index (χ2v) is 7.19. The molecule has 0 saturated carbocycles. The molecule has 0 bridgehead atoms. The largest absolute Gasteiger partial charge is 0.383 e. The molecule has 0 radical (unpaired) electrons. The highest BCUT2D eigenvalue weighted by Crippen LogP contribution is 2.17. The van der Waals surface area contributed by atoms with Gasteiger partial charge in [0.05, 0.1) is 11.5 Å². The fraction of sp³-hybridized carbons (Fsp3) is 0.600. The highest BCUT2D eigenvalue weighted by atomic mass is 32.2. The summed E-state index contributed by atoms with van der Waals surface area (Å²) in [5.74, 6) is 0. The van der Waals surface area contributed by atoms with E-state index < -0.39 is 9.84 Å². The molecular weight excluding hydrogens is 274 g/mol. The van der Waals surface area contributed by atoms with E-state index in [0.717, 1.165) is 18.4 Å². The number of hydrogen-bond acceptors (Lipinski definition) is 4. The number of hydrogen-bond donors (Lipinski definition) is 1. The van der Waals surface area contributed by atoms with Crippen molar-refractivity contribution in [2.24, 2.45) is 0 Å². The molecule has 0 aliphatic heterocycles. The minimum atomic E-state index is -3.13. The molecule has 1 N–H and O–H groups in total. The van der Waals surface area contributed by atoms with Crippen LogP contribution >= 0.6 is 0 Å². The Hall–Kier alpha value is -0.910. The van der Waals surface area contributed by atoms with Crippen LogP contribution in [0.5, 0.6) is 0 Å². The molecule has 0 spiro atoms. The van der Waals surface area contributed by atoms with E-state index in [4.69, 9.17) is 4.74 Å². The van der Waals surface area contributed by atoms with Gasteiger partial charge in [0.1, 0.15) is 0 Å². The van der Waals surface area contributed by atoms with E-state index in [0.29, 0.717) is 17.5 Å². The molecule has 1 aromatic carbocycles. The summed E-state index contributed by atoms with van der Waals surface area (Å²) in [6.45, 7) is 4.91. The summed E-state index contributed by atoms with van der Waals surface area (Å²) in [5, 5.41) is 3.52. The third-order valence-electron chi connectivity index (χ3n) is 3.30. The second-order valence-electron chi connectivity index (χ2n) is 5.17. The van der Waals surface area contributed by atoms with Crippen LogP contribution in [0.3, 0.4) is 0 Å². The van der Waals surface area contributed by atoms with E-state index in [1.807, 2.05) is 12.1 Å². The van der Waals surface area contributed by atoms with Gasteiger partial charge in [0.25, 0.3) is 0 Å². The second kappa shape index (κ2) is 7.76. The summed E-state index contributed by atoms with van der Waals surface area (Å²) in [4.78, 5) is 0.357. The number of rotatable bonds is 8. The lowest BCUT2D eigenvalue weighted by Gasteiger charge is -2.23. The van der Waals surface area contributed by atoms with Gasteiger partial charge in [0.15, 0.2) is 9.84 Å². The van der Waals surface area contributed by atoms with Crippen LogP contribution in [0.1, 0.15) is 38.3 Å². The van der Waals surface area contributed by atoms with Crippen LogP contribution in [0.25, 0.3) is 0 Å². The first kappa shape index (κ1) is 17.1. The molecule has 0 aromatic heterocycles. The molecule has 114 valence electrons. The zero-order chi connectivity index (χ0) is 15.2. The molecule has 0 saturated heterocycles. The van der Waals surface area contributed by atoms with Gasteiger partial charge >= 0.3 is 0 Å². The molecule has 2 atom stereocenters. The maximum Gasteiger partial charge on any atom is 0.175 e. The van der Waals surface area contributed by atoms with Gasteiger partial charge in [-0.2, -0.15) is 0 Å². The molecular formula is C15H25NO3S. The van der Waals surface area contributed by atoms with Crippen LogP contribution < -0.4 is 5.32 Å². The van der Waals surface area contributed by atoms with Crippen LogP contribution in [-0.4, -0.2) is 34.4 Å². The molecule has 0 aliphatic carbocycles. The van der Waals surface area contributed by atoms with Crippen molar-refractivity contribution < 1.29 is 13.2 Å². The lowest BCUT2D eigenvalue weighted by Crippen LogP contribution is -2.35. The van der Waals surface area contributed by atoms with E-state index in [2.05, 4.69) is 19.2 Å². The molecule has 4 nitrogen and oxygen atoms in total. The molecule has 0 heterocycles. The number of methoxy groups -OCH3 is 1. The first-order valence-electron chi connectivity index (χ1n) is 6.93. The van der Waals surface area contributed by atoms with Gasteiger partial charge in [-0.05, 0) is 31.0 Å². The van der Waals surface area contributed by atoms with Gasteiger partial charge in [0.2, 0.25) is 0 Å². The van der Waals surface area contributed by atoms with Crippen LogP contribution in [0.2, 0.25) is 0 Å². The zero-order valence-corrected chi connectivity index (χ0v) is 13.5. The first-order chi connectivity index (χ1) is 9.38. The molecule has 0 amide bonds. The Balaban J connectivity index is 2.74. The van der Waals surface area contributed by atoms with Crippen molar-refractivity contribution in [2.45, 2.75) is 43.7 Å². The Kier molecular flexibility index (Phi) is 6.65. The Morgan fingerprint density at radius 1 is 1.25 bits per heavy atom. The first-order valence-corrected chi connectivity index (χ1v) is 8.82. The van der Waals surface area contributed by atoms with Gasteiger partial charge in [-0.1, -0.05) is 25.5 Å². The van der Waals surface area contributed by atoms with E-state index in [1.165, 1.54) is 6.26 Å². The SMILES string of the molecule is CCCC(COC)NC(C)c1ccc(S(C)(=O)=O)cc1. The molecule has 0 aliphatic rings. The van der Waals surface area contributed by atoms with Gasteiger partial charge in [-0.3, -0.25) is 0 Å². The van der Waals surface area contributed by atoms with Crippen molar-refractivity contribution in [3.8, 4) is 0 Å². The number of sulfone groups is 1. The number of ether oxygens (including phenoxy) is 1. The molecule has 20 heavy (non-hydrogen) atoms. The van der Waals surface area contributed by atoms with Crippen LogP contribution in [0.4, 0.5) is 0 Å². The van der Waals surface area contributed by atoms with Gasteiger partial charge in [0, 0.05) is 25.4 Å². The summed E-state index contributed by atoms with van der Waals surface area (Å²) < 4.78 is 28.1. The van der Waals surface area contributed by atoms with E-state index in [9.17, 15) is 8.42 Å². The minimum absolute atomic E-state index is 0.162. The van der Waals surface area contributed by atoms with Crippen molar-refractivity contribution in [1.82, 2.24) is 5.32 Å². The average Bonchev–Trinajstić information content (AvgIpc) is 2.38. The molecule has 1 aromatic rings. The Bertz CT molecular complexity index is 490. The molecule has 2 unspecified atom stereocenters. The summed E-state index contributed by atoms with van der Waals surface area (Å²) in [6.07, 6.45) is 3.37. The lowest BCUT2D eigenvalue weighted by molar-refractivity contribution is 0.157. The third-order valence-corrected chi connectivity index (χ3v) is 4.43. The normalized spacial score (nSPS) is 15.0. The van der Waals surface area contributed by atoms with Gasteiger partial charge in [-0.15, -0.1) is 0 Å². The summed E-state index contributed by atoms with van der Waals surface area (Å²) in [7, 11) is -1.42. The number of benzene rings is 1. The summed E-state index contributed by atoms with van der Waals surface area (Å²) in [6, 6.07) is 7.53. The summed E-state index contributed by atoms with van der Waals surface area (Å²) >= 11 is 0. The number of nitrogens with one attached hydrogen (secondary N) is 1. The van der Waals surface area contributed by atoms with Crippen molar-refractivity contribution in [1.29, 1.82) is 0 Å². The lowest BCUT2D eigenvalue weighted by atomic mass is 10.1. The Morgan fingerprint density at radius 2 is 1.85 bits per heavy atom. The topological polar surface area (TPSA) is 55.4 Å². The van der Waals surface area contributed by atoms with Crippen LogP contribution in [0, 0.1) is 0 Å². The van der Waals surface area contributed by atoms with Crippen molar-refractivity contribution >= 4 is 9.84 Å². The Morgan fingerprint density at radius 3 is 2.30 bits per heavy atom. The van der Waals surface area contributed by atoms with Gasteiger partial charge in [-0.25, -0.2) is 8.42 Å². The minimum Gasteiger partial charge on any atom is -0.383 e. The van der Waals surface area contributed by atoms with Crippen molar-refractivity contribution in [2.75, 3.05) is 20.0 Å². The summed E-state index contributed by atoms with van der Waals surface area (Å²) in [5.41, 5.74) is 1.08. The monoisotopic (exact) mass is 299 g/mol. The van der Waals surface area contributed by atoms with Gasteiger partial charge < -0.3 is 10.1 Å². The van der Waals surface area contributed by atoms with Crippen LogP contribution in [0.15, 0.2) is 29.2 Å². The fourth-order valence-corrected chi connectivity index (χ4v) is 2.85. The van der Waals surface area contributed by atoms with E-state index in [-0.39, 0.29) is 6.04 Å². The van der Waals surface area contributed by atoms with Crippen molar-refractivity contribution in [3.63, 3.8) is 0 Å². The maximum absolute atomic E-state index is 11.4. The Labute approximate surface area is 122 Å². The molecule has 1 rings (SSSR count). The van der Waals surface area contributed by atoms with E-state index in [1.54, 1.807) is 19.2 Å².